The van der Waals surface area contributed by atoms with E-state index in [4.69, 9.17) is 10.5 Å². The number of benzene rings is 1. The van der Waals surface area contributed by atoms with Gasteiger partial charge in [0.25, 0.3) is 0 Å². The van der Waals surface area contributed by atoms with Crippen LogP contribution in [0.25, 0.3) is 0 Å². The molecule has 0 aliphatic carbocycles. The quantitative estimate of drug-likeness (QED) is 0.832. The fraction of sp³-hybridized carbons (Fsp3) is 0.500. The monoisotopic (exact) mass is 291 g/mol. The summed E-state index contributed by atoms with van der Waals surface area (Å²) in [5.41, 5.74) is 5.91. The maximum Gasteiger partial charge on any atom is 0.128 e. The van der Waals surface area contributed by atoms with Crippen LogP contribution < -0.4 is 10.5 Å². The van der Waals surface area contributed by atoms with E-state index in [1.165, 1.54) is 12.1 Å². The van der Waals surface area contributed by atoms with Gasteiger partial charge in [0.1, 0.15) is 18.2 Å². The highest BCUT2D eigenvalue weighted by molar-refractivity contribution is 5.40. The molecule has 21 heavy (non-hydrogen) atoms. The molecule has 0 spiro atoms. The molecule has 1 heterocycles. The fourth-order valence-corrected chi connectivity index (χ4v) is 2.24. The molecule has 0 bridgehead atoms. The molecule has 1 saturated heterocycles. The maximum absolute atomic E-state index is 13.5. The van der Waals surface area contributed by atoms with Crippen molar-refractivity contribution in [2.75, 3.05) is 52.9 Å². The van der Waals surface area contributed by atoms with Crippen LogP contribution in [-0.4, -0.2) is 62.7 Å². The van der Waals surface area contributed by atoms with Crippen molar-refractivity contribution in [1.29, 1.82) is 0 Å². The van der Waals surface area contributed by atoms with E-state index in [0.29, 0.717) is 17.9 Å². The molecule has 0 unspecified atom stereocenters. The fourth-order valence-electron chi connectivity index (χ4n) is 2.24. The van der Waals surface area contributed by atoms with E-state index in [2.05, 4.69) is 28.7 Å². The van der Waals surface area contributed by atoms with E-state index in [1.54, 1.807) is 6.07 Å². The summed E-state index contributed by atoms with van der Waals surface area (Å²) in [7, 11) is 2.13. The summed E-state index contributed by atoms with van der Waals surface area (Å²) in [6.07, 6.45) is 0. The largest absolute Gasteiger partial charge is 0.492 e. The number of rotatable bonds is 4. The standard InChI is InChI=1S/C16H22FN3O/c1-19-5-7-20(8-6-19)9-10-21-16-12-14(3-2-4-18)11-15(17)13-16/h11-13H,4-10,18H2,1H3. The van der Waals surface area contributed by atoms with Crippen molar-refractivity contribution in [1.82, 2.24) is 9.80 Å². The predicted octanol–water partition coefficient (Wildman–Crippen LogP) is 0.762. The summed E-state index contributed by atoms with van der Waals surface area (Å²) < 4.78 is 19.1. The summed E-state index contributed by atoms with van der Waals surface area (Å²) in [5.74, 6) is 5.71. The minimum Gasteiger partial charge on any atom is -0.492 e. The topological polar surface area (TPSA) is 41.7 Å². The lowest BCUT2D eigenvalue weighted by Gasteiger charge is -2.32. The lowest BCUT2D eigenvalue weighted by atomic mass is 10.2. The van der Waals surface area contributed by atoms with Crippen LogP contribution in [-0.2, 0) is 0 Å². The first-order valence-electron chi connectivity index (χ1n) is 7.20. The normalized spacial score (nSPS) is 16.3. The molecule has 1 fully saturated rings. The number of piperazine rings is 1. The first-order valence-corrected chi connectivity index (χ1v) is 7.20. The number of nitrogens with zero attached hydrogens (tertiary/aromatic N) is 2. The average molecular weight is 291 g/mol. The molecule has 2 rings (SSSR count). The molecule has 0 aromatic heterocycles. The van der Waals surface area contributed by atoms with Gasteiger partial charge in [0, 0.05) is 44.4 Å². The lowest BCUT2D eigenvalue weighted by molar-refractivity contribution is 0.133. The Morgan fingerprint density at radius 2 is 2.00 bits per heavy atom. The van der Waals surface area contributed by atoms with Gasteiger partial charge in [-0.1, -0.05) is 11.8 Å². The average Bonchev–Trinajstić information content (AvgIpc) is 2.47. The zero-order chi connectivity index (χ0) is 15.1. The van der Waals surface area contributed by atoms with Crippen molar-refractivity contribution in [3.05, 3.63) is 29.6 Å². The Kier molecular flexibility index (Phi) is 6.00. The lowest BCUT2D eigenvalue weighted by Crippen LogP contribution is -2.45. The summed E-state index contributed by atoms with van der Waals surface area (Å²) in [6, 6.07) is 4.52. The second-order valence-corrected chi connectivity index (χ2v) is 5.17. The summed E-state index contributed by atoms with van der Waals surface area (Å²) in [4.78, 5) is 4.67. The molecular formula is C16H22FN3O. The summed E-state index contributed by atoms with van der Waals surface area (Å²) >= 11 is 0. The van der Waals surface area contributed by atoms with Crippen molar-refractivity contribution in [3.63, 3.8) is 0 Å². The van der Waals surface area contributed by atoms with Gasteiger partial charge in [0.05, 0.1) is 6.54 Å². The summed E-state index contributed by atoms with van der Waals surface area (Å²) in [5, 5.41) is 0. The van der Waals surface area contributed by atoms with Gasteiger partial charge in [0.15, 0.2) is 0 Å². The molecule has 0 saturated carbocycles. The number of nitrogens with two attached hydrogens (primary N) is 1. The number of hydrogen-bond donors (Lipinski definition) is 1. The maximum atomic E-state index is 13.5. The van der Waals surface area contributed by atoms with Crippen LogP contribution in [0.5, 0.6) is 5.75 Å². The molecule has 0 amide bonds. The number of likely N-dealkylation sites (N-methyl/N-ethyl adjacent to an activating group) is 1. The molecule has 1 aromatic carbocycles. The molecule has 5 heteroatoms. The molecular weight excluding hydrogens is 269 g/mol. The van der Waals surface area contributed by atoms with Gasteiger partial charge >= 0.3 is 0 Å². The van der Waals surface area contributed by atoms with Crippen LogP contribution in [0.1, 0.15) is 5.56 Å². The Labute approximate surface area is 125 Å². The van der Waals surface area contributed by atoms with Crippen molar-refractivity contribution < 1.29 is 9.13 Å². The molecule has 1 aliphatic rings. The van der Waals surface area contributed by atoms with Gasteiger partial charge in [-0.3, -0.25) is 4.90 Å². The predicted molar refractivity (Wildman–Crippen MR) is 81.8 cm³/mol. The van der Waals surface area contributed by atoms with Gasteiger partial charge in [-0.15, -0.1) is 0 Å². The molecule has 4 nitrogen and oxygen atoms in total. The van der Waals surface area contributed by atoms with Gasteiger partial charge in [0.2, 0.25) is 0 Å². The van der Waals surface area contributed by atoms with Gasteiger partial charge in [-0.05, 0) is 19.2 Å². The van der Waals surface area contributed by atoms with Crippen LogP contribution in [0.2, 0.25) is 0 Å². The van der Waals surface area contributed by atoms with Crippen LogP contribution >= 0.6 is 0 Å². The van der Waals surface area contributed by atoms with Crippen molar-refractivity contribution >= 4 is 0 Å². The Balaban J connectivity index is 1.84. The first kappa shape index (κ1) is 15.8. The van der Waals surface area contributed by atoms with Crippen LogP contribution in [0.3, 0.4) is 0 Å². The van der Waals surface area contributed by atoms with Gasteiger partial charge in [-0.25, -0.2) is 4.39 Å². The van der Waals surface area contributed by atoms with E-state index in [1.807, 2.05) is 0 Å². The molecule has 1 aromatic rings. The van der Waals surface area contributed by atoms with E-state index in [0.717, 1.165) is 32.7 Å². The highest BCUT2D eigenvalue weighted by Gasteiger charge is 2.13. The Morgan fingerprint density at radius 3 is 2.71 bits per heavy atom. The minimum absolute atomic E-state index is 0.260. The van der Waals surface area contributed by atoms with Crippen molar-refractivity contribution in [2.24, 2.45) is 5.73 Å². The number of halogens is 1. The first-order chi connectivity index (χ1) is 10.2. The van der Waals surface area contributed by atoms with Crippen molar-refractivity contribution in [3.8, 4) is 17.6 Å². The highest BCUT2D eigenvalue weighted by atomic mass is 19.1. The molecule has 2 N–H and O–H groups in total. The third-order valence-corrected chi connectivity index (χ3v) is 3.48. The Bertz CT molecular complexity index is 516. The second-order valence-electron chi connectivity index (χ2n) is 5.17. The third kappa shape index (κ3) is 5.35. The highest BCUT2D eigenvalue weighted by Crippen LogP contribution is 2.16. The molecule has 1 aliphatic heterocycles. The van der Waals surface area contributed by atoms with E-state index < -0.39 is 0 Å². The van der Waals surface area contributed by atoms with E-state index in [-0.39, 0.29) is 12.4 Å². The number of hydrogen-bond acceptors (Lipinski definition) is 4. The Morgan fingerprint density at radius 1 is 1.24 bits per heavy atom. The van der Waals surface area contributed by atoms with Crippen LogP contribution in [0.4, 0.5) is 4.39 Å². The zero-order valence-electron chi connectivity index (χ0n) is 12.4. The van der Waals surface area contributed by atoms with E-state index >= 15 is 0 Å². The summed E-state index contributed by atoms with van der Waals surface area (Å²) in [6.45, 7) is 5.94. The molecule has 114 valence electrons. The minimum atomic E-state index is -0.339. The molecule has 0 radical (unpaired) electrons. The molecule has 0 atom stereocenters. The number of ether oxygens (including phenoxy) is 1. The van der Waals surface area contributed by atoms with Crippen LogP contribution in [0, 0.1) is 17.7 Å². The van der Waals surface area contributed by atoms with Gasteiger partial charge < -0.3 is 15.4 Å². The Hall–Kier alpha value is -1.61. The zero-order valence-corrected chi connectivity index (χ0v) is 12.4. The second kappa shape index (κ2) is 7.99. The van der Waals surface area contributed by atoms with Crippen LogP contribution in [0.15, 0.2) is 18.2 Å². The van der Waals surface area contributed by atoms with E-state index in [9.17, 15) is 4.39 Å². The smallest absolute Gasteiger partial charge is 0.128 e. The third-order valence-electron chi connectivity index (χ3n) is 3.48. The van der Waals surface area contributed by atoms with Crippen molar-refractivity contribution in [2.45, 2.75) is 0 Å². The SMILES string of the molecule is CN1CCN(CCOc2cc(F)cc(C#CCN)c2)CC1. The van der Waals surface area contributed by atoms with Gasteiger partial charge in [-0.2, -0.15) is 0 Å².